The molecule has 1 aliphatic rings. The van der Waals surface area contributed by atoms with E-state index in [1.807, 2.05) is 27.7 Å². The van der Waals surface area contributed by atoms with Crippen LogP contribution in [0.2, 0.25) is 0 Å². The van der Waals surface area contributed by atoms with Gasteiger partial charge in [0.2, 0.25) is 0 Å². The molecule has 7 nitrogen and oxygen atoms in total. The van der Waals surface area contributed by atoms with Crippen molar-refractivity contribution in [2.24, 2.45) is 10.7 Å². The number of rotatable bonds is 6. The van der Waals surface area contributed by atoms with Crippen molar-refractivity contribution in [1.29, 1.82) is 0 Å². The highest BCUT2D eigenvalue weighted by Crippen LogP contribution is 2.39. The zero-order valence-corrected chi connectivity index (χ0v) is 21.6. The largest absolute Gasteiger partial charge is 0.460 e. The van der Waals surface area contributed by atoms with Crippen LogP contribution < -0.4 is 5.73 Å². The van der Waals surface area contributed by atoms with E-state index < -0.39 is 11.6 Å². The Labute approximate surface area is 205 Å². The molecule has 0 fully saturated rings. The SMILES string of the molecule is Cc1sc2c(c1C)C(c1ccc(CCCN)cc1)=N[C@H](CC(=O)OC(C)(C)C)c1nnc(C)n1-2. The van der Waals surface area contributed by atoms with Gasteiger partial charge in [-0.25, -0.2) is 0 Å². The summed E-state index contributed by atoms with van der Waals surface area (Å²) in [7, 11) is 0. The van der Waals surface area contributed by atoms with Gasteiger partial charge < -0.3 is 10.5 Å². The Balaban J connectivity index is 1.84. The van der Waals surface area contributed by atoms with Crippen molar-refractivity contribution < 1.29 is 9.53 Å². The van der Waals surface area contributed by atoms with Crippen LogP contribution in [0.4, 0.5) is 0 Å². The molecule has 0 saturated heterocycles. The fourth-order valence-electron chi connectivity index (χ4n) is 4.20. The molecule has 1 aliphatic heterocycles. The van der Waals surface area contributed by atoms with Gasteiger partial charge in [0, 0.05) is 16.0 Å². The Kier molecular flexibility index (Phi) is 6.73. The Bertz CT molecular complexity index is 1230. The van der Waals surface area contributed by atoms with Gasteiger partial charge >= 0.3 is 5.97 Å². The summed E-state index contributed by atoms with van der Waals surface area (Å²) in [5.41, 5.74) is 10.5. The maximum absolute atomic E-state index is 12.8. The summed E-state index contributed by atoms with van der Waals surface area (Å²) in [5.74, 6) is 1.14. The van der Waals surface area contributed by atoms with Crippen molar-refractivity contribution in [3.05, 3.63) is 63.0 Å². The molecular formula is C26H33N5O2S. The average Bonchev–Trinajstić information content (AvgIpc) is 3.24. The minimum atomic E-state index is -0.566. The minimum Gasteiger partial charge on any atom is -0.460 e. The van der Waals surface area contributed by atoms with Gasteiger partial charge in [0.05, 0.1) is 12.1 Å². The summed E-state index contributed by atoms with van der Waals surface area (Å²) in [5, 5.41) is 9.84. The number of hydrogen-bond donors (Lipinski definition) is 1. The van der Waals surface area contributed by atoms with Crippen molar-refractivity contribution >= 4 is 23.0 Å². The second kappa shape index (κ2) is 9.43. The first-order valence-corrected chi connectivity index (χ1v) is 12.5. The smallest absolute Gasteiger partial charge is 0.308 e. The van der Waals surface area contributed by atoms with Crippen LogP contribution in [0.3, 0.4) is 0 Å². The number of ether oxygens (including phenoxy) is 1. The quantitative estimate of drug-likeness (QED) is 0.514. The zero-order chi connectivity index (χ0) is 24.6. The second-order valence-corrected chi connectivity index (χ2v) is 11.0. The van der Waals surface area contributed by atoms with E-state index >= 15 is 0 Å². The number of fused-ring (bicyclic) bond motifs is 3. The van der Waals surface area contributed by atoms with Gasteiger partial charge in [-0.1, -0.05) is 24.3 Å². The molecule has 34 heavy (non-hydrogen) atoms. The van der Waals surface area contributed by atoms with E-state index in [9.17, 15) is 4.79 Å². The number of aliphatic imine (C=N–C) groups is 1. The zero-order valence-electron chi connectivity index (χ0n) is 20.8. The Morgan fingerprint density at radius 3 is 2.50 bits per heavy atom. The fraction of sp³-hybridized carbons (Fsp3) is 0.462. The molecular weight excluding hydrogens is 446 g/mol. The number of hydrogen-bond acceptors (Lipinski definition) is 7. The molecule has 1 aromatic carbocycles. The van der Waals surface area contributed by atoms with Crippen LogP contribution in [0, 0.1) is 20.8 Å². The second-order valence-electron chi connectivity index (χ2n) is 9.78. The molecule has 3 aromatic rings. The Morgan fingerprint density at radius 2 is 1.85 bits per heavy atom. The first-order chi connectivity index (χ1) is 16.1. The predicted molar refractivity (Wildman–Crippen MR) is 136 cm³/mol. The van der Waals surface area contributed by atoms with E-state index in [2.05, 4.69) is 52.9 Å². The molecule has 0 saturated carbocycles. The van der Waals surface area contributed by atoms with Gasteiger partial charge in [0.15, 0.2) is 5.82 Å². The number of nitrogens with two attached hydrogens (primary N) is 1. The van der Waals surface area contributed by atoms with Crippen LogP contribution in [0.1, 0.15) is 78.4 Å². The molecule has 180 valence electrons. The standard InChI is InChI=1S/C26H33N5O2S/c1-15-16(2)34-25-22(15)23(19-11-9-18(10-12-19)8-7-13-27)28-20(14-21(32)33-26(4,5)6)24-30-29-17(3)31(24)25/h9-12,20H,7-8,13-14,27H2,1-6H3/t20-/m1/s1. The number of carbonyl (C=O) groups is 1. The third-order valence-corrected chi connectivity index (χ3v) is 7.11. The lowest BCUT2D eigenvalue weighted by Gasteiger charge is -2.21. The van der Waals surface area contributed by atoms with Crippen molar-refractivity contribution in [3.63, 3.8) is 0 Å². The lowest BCUT2D eigenvalue weighted by atomic mass is 9.98. The molecule has 0 amide bonds. The van der Waals surface area contributed by atoms with E-state index in [0.29, 0.717) is 12.4 Å². The Morgan fingerprint density at radius 1 is 1.15 bits per heavy atom. The van der Waals surface area contributed by atoms with Crippen LogP contribution in [0.5, 0.6) is 0 Å². The van der Waals surface area contributed by atoms with Crippen LogP contribution in [0.25, 0.3) is 5.00 Å². The minimum absolute atomic E-state index is 0.0977. The molecule has 2 aromatic heterocycles. The highest BCUT2D eigenvalue weighted by Gasteiger charge is 2.33. The molecule has 0 bridgehead atoms. The summed E-state index contributed by atoms with van der Waals surface area (Å²) in [6.45, 7) is 12.5. The van der Waals surface area contributed by atoms with E-state index in [1.165, 1.54) is 16.0 Å². The van der Waals surface area contributed by atoms with E-state index in [1.54, 1.807) is 11.3 Å². The lowest BCUT2D eigenvalue weighted by molar-refractivity contribution is -0.155. The third kappa shape index (κ3) is 4.83. The topological polar surface area (TPSA) is 95.4 Å². The molecule has 3 heterocycles. The number of nitrogens with zero attached hydrogens (tertiary/aromatic N) is 4. The van der Waals surface area contributed by atoms with Gasteiger partial charge in [0.25, 0.3) is 0 Å². The van der Waals surface area contributed by atoms with Crippen LogP contribution >= 0.6 is 11.3 Å². The normalized spacial score (nSPS) is 15.4. The monoisotopic (exact) mass is 479 g/mol. The van der Waals surface area contributed by atoms with Crippen LogP contribution in [-0.2, 0) is 16.0 Å². The maximum Gasteiger partial charge on any atom is 0.308 e. The molecule has 0 radical (unpaired) electrons. The molecule has 1 atom stereocenters. The molecule has 0 spiro atoms. The van der Waals surface area contributed by atoms with Gasteiger partial charge in [-0.15, -0.1) is 21.5 Å². The maximum atomic E-state index is 12.8. The number of carbonyl (C=O) groups excluding carboxylic acids is 1. The van der Waals surface area contributed by atoms with E-state index in [4.69, 9.17) is 15.5 Å². The molecule has 2 N–H and O–H groups in total. The fourth-order valence-corrected chi connectivity index (χ4v) is 5.42. The summed E-state index contributed by atoms with van der Waals surface area (Å²) >= 11 is 1.71. The molecule has 4 rings (SSSR count). The lowest BCUT2D eigenvalue weighted by Crippen LogP contribution is -2.25. The Hall–Kier alpha value is -2.84. The van der Waals surface area contributed by atoms with Crippen molar-refractivity contribution in [1.82, 2.24) is 14.8 Å². The van der Waals surface area contributed by atoms with Crippen LogP contribution in [0.15, 0.2) is 29.3 Å². The molecule has 0 aliphatic carbocycles. The number of thiophene rings is 1. The van der Waals surface area contributed by atoms with Crippen LogP contribution in [-0.4, -0.2) is 38.6 Å². The van der Waals surface area contributed by atoms with Gasteiger partial charge in [-0.05, 0) is 72.1 Å². The van der Waals surface area contributed by atoms with Crippen molar-refractivity contribution in [2.45, 2.75) is 72.4 Å². The number of benzene rings is 1. The predicted octanol–water partition coefficient (Wildman–Crippen LogP) is 4.77. The number of aryl methyl sites for hydroxylation is 3. The molecule has 0 unspecified atom stereocenters. The number of aromatic nitrogens is 3. The summed E-state index contributed by atoms with van der Waals surface area (Å²) < 4.78 is 7.68. The van der Waals surface area contributed by atoms with E-state index in [0.717, 1.165) is 40.5 Å². The highest BCUT2D eigenvalue weighted by atomic mass is 32.1. The van der Waals surface area contributed by atoms with Crippen molar-refractivity contribution in [2.75, 3.05) is 6.54 Å². The molecule has 8 heteroatoms. The highest BCUT2D eigenvalue weighted by molar-refractivity contribution is 7.15. The summed E-state index contributed by atoms with van der Waals surface area (Å²) in [6, 6.07) is 8.01. The summed E-state index contributed by atoms with van der Waals surface area (Å²) in [4.78, 5) is 19.2. The summed E-state index contributed by atoms with van der Waals surface area (Å²) in [6.07, 6.45) is 2.01. The third-order valence-electron chi connectivity index (χ3n) is 5.92. The average molecular weight is 480 g/mol. The van der Waals surface area contributed by atoms with Crippen molar-refractivity contribution in [3.8, 4) is 5.00 Å². The first kappa shape index (κ1) is 24.3. The van der Waals surface area contributed by atoms with Gasteiger partial charge in [-0.3, -0.25) is 14.4 Å². The van der Waals surface area contributed by atoms with E-state index in [-0.39, 0.29) is 12.4 Å². The van der Waals surface area contributed by atoms with Gasteiger partial charge in [-0.2, -0.15) is 0 Å². The number of esters is 1. The van der Waals surface area contributed by atoms with Gasteiger partial charge in [0.1, 0.15) is 22.5 Å². The first-order valence-electron chi connectivity index (χ1n) is 11.7.